The molecule has 1 aromatic carbocycles. The van der Waals surface area contributed by atoms with Crippen molar-refractivity contribution in [3.8, 4) is 0 Å². The van der Waals surface area contributed by atoms with Gasteiger partial charge in [0.15, 0.2) is 0 Å². The Labute approximate surface area is 113 Å². The second-order valence-electron chi connectivity index (χ2n) is 5.48. The van der Waals surface area contributed by atoms with Gasteiger partial charge in [-0.1, -0.05) is 25.3 Å². The fourth-order valence-electron chi connectivity index (χ4n) is 2.73. The van der Waals surface area contributed by atoms with Gasteiger partial charge >= 0.3 is 0 Å². The van der Waals surface area contributed by atoms with E-state index in [0.717, 1.165) is 37.7 Å². The standard InChI is InChI=1S/C15H21FN2O/c1-11-5-6-13(12(16)9-11)18-14(19)15(10-17)7-3-2-4-8-15/h5-6,9H,2-4,7-8,10,17H2,1H3,(H,18,19). The predicted octanol–water partition coefficient (Wildman–Crippen LogP) is 2.98. The summed E-state index contributed by atoms with van der Waals surface area (Å²) in [6.45, 7) is 2.14. The molecule has 1 aliphatic carbocycles. The van der Waals surface area contributed by atoms with Crippen LogP contribution in [0.15, 0.2) is 18.2 Å². The lowest BCUT2D eigenvalue weighted by Crippen LogP contribution is -2.44. The summed E-state index contributed by atoms with van der Waals surface area (Å²) < 4.78 is 13.8. The summed E-state index contributed by atoms with van der Waals surface area (Å²) in [5.74, 6) is -0.534. The van der Waals surface area contributed by atoms with E-state index in [4.69, 9.17) is 5.73 Å². The SMILES string of the molecule is Cc1ccc(NC(=O)C2(CN)CCCCC2)c(F)c1. The molecular formula is C15H21FN2O. The van der Waals surface area contributed by atoms with Crippen LogP contribution >= 0.6 is 0 Å². The van der Waals surface area contributed by atoms with Crippen LogP contribution in [0.4, 0.5) is 10.1 Å². The molecule has 0 heterocycles. The van der Waals surface area contributed by atoms with E-state index in [1.807, 2.05) is 6.92 Å². The number of aryl methyl sites for hydroxylation is 1. The molecule has 104 valence electrons. The molecule has 3 nitrogen and oxygen atoms in total. The third-order valence-corrected chi connectivity index (χ3v) is 4.06. The molecule has 2 rings (SSSR count). The highest BCUT2D eigenvalue weighted by Gasteiger charge is 2.38. The molecule has 0 aromatic heterocycles. The summed E-state index contributed by atoms with van der Waals surface area (Å²) in [6, 6.07) is 4.82. The first-order chi connectivity index (χ1) is 9.07. The summed E-state index contributed by atoms with van der Waals surface area (Å²) in [5.41, 5.74) is 6.36. The highest BCUT2D eigenvalue weighted by Crippen LogP contribution is 2.36. The van der Waals surface area contributed by atoms with Crippen molar-refractivity contribution in [1.29, 1.82) is 0 Å². The number of benzene rings is 1. The Morgan fingerprint density at radius 2 is 2.05 bits per heavy atom. The third kappa shape index (κ3) is 2.95. The molecule has 0 saturated heterocycles. The predicted molar refractivity (Wildman–Crippen MR) is 74.3 cm³/mol. The van der Waals surface area contributed by atoms with Gasteiger partial charge in [-0.2, -0.15) is 0 Å². The Morgan fingerprint density at radius 1 is 1.37 bits per heavy atom. The topological polar surface area (TPSA) is 55.1 Å². The monoisotopic (exact) mass is 264 g/mol. The molecule has 19 heavy (non-hydrogen) atoms. The van der Waals surface area contributed by atoms with Crippen LogP contribution in [0, 0.1) is 18.2 Å². The van der Waals surface area contributed by atoms with Crippen molar-refractivity contribution in [1.82, 2.24) is 0 Å². The molecule has 0 spiro atoms. The van der Waals surface area contributed by atoms with Crippen LogP contribution in [0.1, 0.15) is 37.7 Å². The fraction of sp³-hybridized carbons (Fsp3) is 0.533. The second kappa shape index (κ2) is 5.70. The molecule has 1 saturated carbocycles. The largest absolute Gasteiger partial charge is 0.329 e. The lowest BCUT2D eigenvalue weighted by Gasteiger charge is -2.34. The average Bonchev–Trinajstić information content (AvgIpc) is 2.42. The van der Waals surface area contributed by atoms with Crippen LogP contribution < -0.4 is 11.1 Å². The quantitative estimate of drug-likeness (QED) is 0.881. The molecular weight excluding hydrogens is 243 g/mol. The summed E-state index contributed by atoms with van der Waals surface area (Å²) in [7, 11) is 0. The van der Waals surface area contributed by atoms with Gasteiger partial charge in [0.25, 0.3) is 0 Å². The van der Waals surface area contributed by atoms with Gasteiger partial charge in [-0.05, 0) is 37.5 Å². The maximum atomic E-state index is 13.8. The number of hydrogen-bond donors (Lipinski definition) is 2. The lowest BCUT2D eigenvalue weighted by atomic mass is 9.73. The van der Waals surface area contributed by atoms with E-state index in [0.29, 0.717) is 6.54 Å². The normalized spacial score (nSPS) is 18.1. The zero-order valence-electron chi connectivity index (χ0n) is 11.3. The van der Waals surface area contributed by atoms with Crippen LogP contribution in [0.3, 0.4) is 0 Å². The molecule has 1 fully saturated rings. The first kappa shape index (κ1) is 14.0. The number of hydrogen-bond acceptors (Lipinski definition) is 2. The van der Waals surface area contributed by atoms with Crippen molar-refractivity contribution in [2.45, 2.75) is 39.0 Å². The van der Waals surface area contributed by atoms with E-state index >= 15 is 0 Å². The maximum absolute atomic E-state index is 13.8. The zero-order valence-corrected chi connectivity index (χ0v) is 11.3. The van der Waals surface area contributed by atoms with E-state index in [1.54, 1.807) is 12.1 Å². The Bertz CT molecular complexity index is 467. The van der Waals surface area contributed by atoms with Crippen molar-refractivity contribution < 1.29 is 9.18 Å². The van der Waals surface area contributed by atoms with Crippen molar-refractivity contribution in [3.63, 3.8) is 0 Å². The van der Waals surface area contributed by atoms with Crippen LogP contribution in [-0.2, 0) is 4.79 Å². The fourth-order valence-corrected chi connectivity index (χ4v) is 2.73. The van der Waals surface area contributed by atoms with Gasteiger partial charge < -0.3 is 11.1 Å². The molecule has 0 unspecified atom stereocenters. The van der Waals surface area contributed by atoms with Gasteiger partial charge in [-0.15, -0.1) is 0 Å². The number of carbonyl (C=O) groups is 1. The van der Waals surface area contributed by atoms with Gasteiger partial charge in [0, 0.05) is 6.54 Å². The summed E-state index contributed by atoms with van der Waals surface area (Å²) >= 11 is 0. The molecule has 0 aliphatic heterocycles. The van der Waals surface area contributed by atoms with Gasteiger partial charge in [0.05, 0.1) is 11.1 Å². The number of carbonyl (C=O) groups excluding carboxylic acids is 1. The van der Waals surface area contributed by atoms with Gasteiger partial charge in [0.2, 0.25) is 5.91 Å². The van der Waals surface area contributed by atoms with Crippen LogP contribution in [0.5, 0.6) is 0 Å². The van der Waals surface area contributed by atoms with E-state index < -0.39 is 11.2 Å². The van der Waals surface area contributed by atoms with Crippen LogP contribution in [-0.4, -0.2) is 12.5 Å². The first-order valence-corrected chi connectivity index (χ1v) is 6.85. The van der Waals surface area contributed by atoms with Crippen molar-refractivity contribution in [2.24, 2.45) is 11.1 Å². The van der Waals surface area contributed by atoms with Gasteiger partial charge in [-0.3, -0.25) is 4.79 Å². The van der Waals surface area contributed by atoms with E-state index in [1.165, 1.54) is 6.07 Å². The summed E-state index contributed by atoms with van der Waals surface area (Å²) in [5, 5.41) is 2.70. The minimum atomic E-state index is -0.518. The van der Waals surface area contributed by atoms with E-state index in [2.05, 4.69) is 5.32 Å². The molecule has 0 bridgehead atoms. The minimum absolute atomic E-state index is 0.141. The highest BCUT2D eigenvalue weighted by atomic mass is 19.1. The Hall–Kier alpha value is -1.42. The minimum Gasteiger partial charge on any atom is -0.329 e. The molecule has 1 amide bonds. The summed E-state index contributed by atoms with van der Waals surface area (Å²) in [4.78, 5) is 12.4. The molecule has 1 aliphatic rings. The maximum Gasteiger partial charge on any atom is 0.231 e. The van der Waals surface area contributed by atoms with Crippen molar-refractivity contribution >= 4 is 11.6 Å². The second-order valence-corrected chi connectivity index (χ2v) is 5.48. The third-order valence-electron chi connectivity index (χ3n) is 4.06. The first-order valence-electron chi connectivity index (χ1n) is 6.85. The Balaban J connectivity index is 2.15. The number of halogens is 1. The zero-order chi connectivity index (χ0) is 13.9. The number of anilines is 1. The van der Waals surface area contributed by atoms with E-state index in [-0.39, 0.29) is 11.6 Å². The molecule has 0 radical (unpaired) electrons. The molecule has 0 atom stereocenters. The highest BCUT2D eigenvalue weighted by molar-refractivity contribution is 5.95. The number of nitrogens with two attached hydrogens (primary N) is 1. The average molecular weight is 264 g/mol. The molecule has 4 heteroatoms. The number of rotatable bonds is 3. The number of nitrogens with one attached hydrogen (secondary N) is 1. The van der Waals surface area contributed by atoms with E-state index in [9.17, 15) is 9.18 Å². The lowest BCUT2D eigenvalue weighted by molar-refractivity contribution is -0.126. The van der Waals surface area contributed by atoms with Crippen molar-refractivity contribution in [3.05, 3.63) is 29.6 Å². The van der Waals surface area contributed by atoms with Crippen LogP contribution in [0.25, 0.3) is 0 Å². The van der Waals surface area contributed by atoms with Gasteiger partial charge in [-0.25, -0.2) is 4.39 Å². The van der Waals surface area contributed by atoms with Crippen LogP contribution in [0.2, 0.25) is 0 Å². The number of amides is 1. The smallest absolute Gasteiger partial charge is 0.231 e. The van der Waals surface area contributed by atoms with Gasteiger partial charge in [0.1, 0.15) is 5.82 Å². The Morgan fingerprint density at radius 3 is 2.63 bits per heavy atom. The van der Waals surface area contributed by atoms with Crippen molar-refractivity contribution in [2.75, 3.05) is 11.9 Å². The molecule has 3 N–H and O–H groups in total. The molecule has 1 aromatic rings. The Kier molecular flexibility index (Phi) is 4.20. The summed E-state index contributed by atoms with van der Waals surface area (Å²) in [6.07, 6.45) is 4.77.